The molecule has 64 heavy (non-hydrogen) atoms. The third kappa shape index (κ3) is 11.1. The first-order valence-electron chi connectivity index (χ1n) is 24.2. The van der Waals surface area contributed by atoms with Crippen LogP contribution in [0.25, 0.3) is 0 Å². The Balaban J connectivity index is 1.44. The lowest BCUT2D eigenvalue weighted by atomic mass is 9.88. The van der Waals surface area contributed by atoms with Crippen LogP contribution in [0.5, 0.6) is 0 Å². The molecule has 0 aliphatic heterocycles. The fourth-order valence-electron chi connectivity index (χ4n) is 10.3. The third-order valence-corrected chi connectivity index (χ3v) is 26.9. The molecule has 5 nitrogen and oxygen atoms in total. The molecule has 0 radical (unpaired) electrons. The number of rotatable bonds is 21. The van der Waals surface area contributed by atoms with E-state index >= 15 is 8.42 Å². The number of unbranched alkanes of at least 4 members (excludes halogenated alkanes) is 4. The van der Waals surface area contributed by atoms with Gasteiger partial charge in [0.1, 0.15) is 0 Å². The lowest BCUT2D eigenvalue weighted by molar-refractivity contribution is 0.117. The first-order chi connectivity index (χ1) is 30.5. The highest BCUT2D eigenvalue weighted by Gasteiger charge is 2.67. The molecule has 0 saturated heterocycles. The molecule has 1 unspecified atom stereocenters. The molecule has 0 spiro atoms. The van der Waals surface area contributed by atoms with E-state index in [0.717, 1.165) is 51.4 Å². The van der Waals surface area contributed by atoms with E-state index in [4.69, 9.17) is 13.6 Å². The topological polar surface area (TPSA) is 61.8 Å². The van der Waals surface area contributed by atoms with Crippen LogP contribution in [0.2, 0.25) is 23.2 Å². The average Bonchev–Trinajstić information content (AvgIpc) is 3.78. The summed E-state index contributed by atoms with van der Waals surface area (Å²) in [7, 11) is -9.13. The minimum Gasteiger partial charge on any atom is -0.411 e. The van der Waals surface area contributed by atoms with Crippen LogP contribution in [0.15, 0.2) is 150 Å². The lowest BCUT2D eigenvalue weighted by Crippen LogP contribution is -2.68. The largest absolute Gasteiger partial charge is 0.411 e. The number of sulfone groups is 1. The molecule has 8 heteroatoms. The van der Waals surface area contributed by atoms with Gasteiger partial charge in [-0.05, 0) is 102 Å². The van der Waals surface area contributed by atoms with Crippen LogP contribution < -0.4 is 10.4 Å². The molecule has 0 heterocycles. The number of ether oxygens (including phenoxy) is 1. The summed E-state index contributed by atoms with van der Waals surface area (Å²) in [5, 5.41) is 2.19. The predicted molar refractivity (Wildman–Crippen MR) is 273 cm³/mol. The van der Waals surface area contributed by atoms with E-state index in [1.165, 1.54) is 21.5 Å². The molecular formula is C56H78O5SSi2. The maximum Gasteiger partial charge on any atom is 0.261 e. The van der Waals surface area contributed by atoms with Gasteiger partial charge in [-0.2, -0.15) is 0 Å². The van der Waals surface area contributed by atoms with E-state index in [9.17, 15) is 0 Å². The molecule has 6 rings (SSSR count). The van der Waals surface area contributed by atoms with Gasteiger partial charge in [0.25, 0.3) is 8.32 Å². The molecule has 346 valence electrons. The van der Waals surface area contributed by atoms with Gasteiger partial charge in [0, 0.05) is 12.5 Å². The van der Waals surface area contributed by atoms with E-state index in [-0.39, 0.29) is 28.2 Å². The van der Waals surface area contributed by atoms with E-state index in [2.05, 4.69) is 153 Å². The fraction of sp³-hybridized carbons (Fsp3) is 0.500. The summed E-state index contributed by atoms with van der Waals surface area (Å²) in [6, 6.07) is 41.2. The number of hydrogen-bond acceptors (Lipinski definition) is 5. The highest BCUT2D eigenvalue weighted by Crippen LogP contribution is 2.61. The summed E-state index contributed by atoms with van der Waals surface area (Å²) in [5.41, 5.74) is 2.45. The number of hydrogen-bond donors (Lipinski definition) is 0. The van der Waals surface area contributed by atoms with Crippen LogP contribution in [0.1, 0.15) is 118 Å². The highest BCUT2D eigenvalue weighted by atomic mass is 32.2. The summed E-state index contributed by atoms with van der Waals surface area (Å²) >= 11 is 0. The second kappa shape index (κ2) is 21.5. The van der Waals surface area contributed by atoms with Gasteiger partial charge in [0.05, 0.1) is 28.5 Å². The Hall–Kier alpha value is -3.38. The summed E-state index contributed by atoms with van der Waals surface area (Å²) in [6.07, 6.45) is 15.5. The molecule has 2 saturated carbocycles. The molecule has 2 aliphatic carbocycles. The molecule has 0 bridgehead atoms. The minimum atomic E-state index is -3.88. The maximum absolute atomic E-state index is 15.9. The number of allylic oxidation sites excluding steroid dienone is 2. The second-order valence-electron chi connectivity index (χ2n) is 21.1. The van der Waals surface area contributed by atoms with Crippen LogP contribution in [-0.4, -0.2) is 48.6 Å². The maximum atomic E-state index is 15.9. The Labute approximate surface area is 390 Å². The van der Waals surface area contributed by atoms with Crippen molar-refractivity contribution >= 4 is 36.8 Å². The molecule has 0 amide bonds. The SMILES string of the molecule is CCCCCC(/C=C/[C@H]1[C@H](O[Si](c2ccccc2)(c2ccccc2)C(C)(C)C)C[C@@H]2C/C(=C\CCCCOCc3ccccc3)C[C@@]21S(=O)(=O)c1ccccc1)O[Si](C)(C)C(C)(C)C. The van der Waals surface area contributed by atoms with Gasteiger partial charge in [-0.15, -0.1) is 0 Å². The Morgan fingerprint density at radius 3 is 1.89 bits per heavy atom. The van der Waals surface area contributed by atoms with Gasteiger partial charge in [0.2, 0.25) is 0 Å². The zero-order valence-corrected chi connectivity index (χ0v) is 43.3. The molecular weight excluding hydrogens is 841 g/mol. The Morgan fingerprint density at radius 1 is 0.750 bits per heavy atom. The quantitative estimate of drug-likeness (QED) is 0.0473. The molecule has 0 N–H and O–H groups in total. The molecule has 2 fully saturated rings. The van der Waals surface area contributed by atoms with Gasteiger partial charge in [-0.1, -0.05) is 201 Å². The molecule has 5 atom stereocenters. The Morgan fingerprint density at radius 2 is 1.33 bits per heavy atom. The van der Waals surface area contributed by atoms with Crippen molar-refractivity contribution in [2.24, 2.45) is 11.8 Å². The second-order valence-corrected chi connectivity index (χ2v) is 32.4. The van der Waals surface area contributed by atoms with Crippen LogP contribution in [0.4, 0.5) is 0 Å². The Bertz CT molecular complexity index is 2170. The van der Waals surface area contributed by atoms with Crippen molar-refractivity contribution < 1.29 is 22.0 Å². The average molecular weight is 919 g/mol. The molecule has 4 aromatic rings. The Kier molecular flexibility index (Phi) is 16.8. The van der Waals surface area contributed by atoms with Crippen molar-refractivity contribution in [3.63, 3.8) is 0 Å². The van der Waals surface area contributed by atoms with E-state index in [1.807, 2.05) is 48.5 Å². The standard InChI is InChI=1S/C56H78O5SSi2/c1-10-11-17-31-48(60-63(8,9)54(2,3)4)38-39-52-53(61-64(55(5,6)7,50-34-23-14-24-35-50)51-36-25-15-26-37-51)42-47-41-46(30-20-16-27-40-59-44-45-28-18-12-19-29-45)43-56(47,52)62(57,58)49-32-21-13-22-33-49/h12-15,18-19,21-26,28-30,32-39,47-48,52-53H,10-11,16-17,20,27,31,40-44H2,1-9H3/b39-38+,46-30+/t47-,48?,52-,53+,56+/m0/s1. The first kappa shape index (κ1) is 50.0. The van der Waals surface area contributed by atoms with Crippen molar-refractivity contribution in [1.82, 2.24) is 0 Å². The zero-order valence-electron chi connectivity index (χ0n) is 40.5. The smallest absolute Gasteiger partial charge is 0.261 e. The molecule has 0 aromatic heterocycles. The highest BCUT2D eigenvalue weighted by molar-refractivity contribution is 7.93. The first-order valence-corrected chi connectivity index (χ1v) is 30.5. The van der Waals surface area contributed by atoms with Gasteiger partial charge in [0.15, 0.2) is 18.2 Å². The monoisotopic (exact) mass is 919 g/mol. The summed E-state index contributed by atoms with van der Waals surface area (Å²) in [6.45, 7) is 22.1. The minimum absolute atomic E-state index is 0.0360. The number of benzene rings is 4. The van der Waals surface area contributed by atoms with Crippen molar-refractivity contribution in [2.75, 3.05) is 6.61 Å². The fourth-order valence-corrected chi connectivity index (χ4v) is 18.8. The van der Waals surface area contributed by atoms with Crippen LogP contribution in [-0.2, 0) is 30.0 Å². The van der Waals surface area contributed by atoms with Gasteiger partial charge in [-0.25, -0.2) is 8.42 Å². The van der Waals surface area contributed by atoms with Gasteiger partial charge >= 0.3 is 0 Å². The van der Waals surface area contributed by atoms with Crippen molar-refractivity contribution in [3.05, 3.63) is 151 Å². The van der Waals surface area contributed by atoms with Gasteiger partial charge < -0.3 is 13.6 Å². The summed E-state index contributed by atoms with van der Waals surface area (Å²) in [5.74, 6) is -0.519. The van der Waals surface area contributed by atoms with Gasteiger partial charge in [-0.3, -0.25) is 0 Å². The van der Waals surface area contributed by atoms with Crippen LogP contribution in [0.3, 0.4) is 0 Å². The third-order valence-electron chi connectivity index (χ3n) is 14.6. The van der Waals surface area contributed by atoms with Crippen molar-refractivity contribution in [3.8, 4) is 0 Å². The van der Waals surface area contributed by atoms with Crippen molar-refractivity contribution in [1.29, 1.82) is 0 Å². The zero-order chi connectivity index (χ0) is 46.1. The lowest BCUT2D eigenvalue weighted by Gasteiger charge is -2.46. The van der Waals surface area contributed by atoms with Crippen LogP contribution in [0, 0.1) is 11.8 Å². The van der Waals surface area contributed by atoms with E-state index in [1.54, 1.807) is 0 Å². The summed E-state index contributed by atoms with van der Waals surface area (Å²) < 4.78 is 52.0. The predicted octanol–water partition coefficient (Wildman–Crippen LogP) is 13.4. The van der Waals surface area contributed by atoms with E-state index in [0.29, 0.717) is 31.0 Å². The number of fused-ring (bicyclic) bond motifs is 1. The molecule has 4 aromatic carbocycles. The molecule has 2 aliphatic rings. The normalized spacial score (nSPS) is 22.0. The van der Waals surface area contributed by atoms with Crippen molar-refractivity contribution in [2.45, 2.75) is 164 Å². The summed E-state index contributed by atoms with van der Waals surface area (Å²) in [4.78, 5) is 0.401. The van der Waals surface area contributed by atoms with E-state index < -0.39 is 37.1 Å². The van der Waals surface area contributed by atoms with Crippen LogP contribution >= 0.6 is 0 Å².